The highest BCUT2D eigenvalue weighted by atomic mass is 16.5. The quantitative estimate of drug-likeness (QED) is 0.814. The van der Waals surface area contributed by atoms with E-state index in [4.69, 9.17) is 9.47 Å². The van der Waals surface area contributed by atoms with Gasteiger partial charge in [-0.2, -0.15) is 0 Å². The Hall–Kier alpha value is -1.26. The van der Waals surface area contributed by atoms with Gasteiger partial charge in [-0.15, -0.1) is 0 Å². The van der Waals surface area contributed by atoms with Crippen molar-refractivity contribution < 1.29 is 14.6 Å². The molecule has 0 aromatic heterocycles. The van der Waals surface area contributed by atoms with Crippen LogP contribution < -0.4 is 10.1 Å². The van der Waals surface area contributed by atoms with Crippen LogP contribution in [0.2, 0.25) is 0 Å². The normalized spacial score (nSPS) is 20.7. The molecule has 1 fully saturated rings. The average molecular weight is 223 g/mol. The SMILES string of the molecule is CCOc1cccc(O)c1C1CNCCO1. The fourth-order valence-corrected chi connectivity index (χ4v) is 1.89. The summed E-state index contributed by atoms with van der Waals surface area (Å²) in [6, 6.07) is 5.30. The van der Waals surface area contributed by atoms with Crippen LogP contribution in [-0.2, 0) is 4.74 Å². The van der Waals surface area contributed by atoms with Crippen molar-refractivity contribution in [3.05, 3.63) is 23.8 Å². The van der Waals surface area contributed by atoms with E-state index in [0.29, 0.717) is 25.5 Å². The summed E-state index contributed by atoms with van der Waals surface area (Å²) in [5, 5.41) is 13.1. The molecule has 1 heterocycles. The van der Waals surface area contributed by atoms with Gasteiger partial charge in [0.05, 0.1) is 18.8 Å². The van der Waals surface area contributed by atoms with Crippen molar-refractivity contribution >= 4 is 0 Å². The van der Waals surface area contributed by atoms with E-state index in [1.54, 1.807) is 12.1 Å². The van der Waals surface area contributed by atoms with Crippen molar-refractivity contribution in [3.63, 3.8) is 0 Å². The molecule has 1 aliphatic rings. The Bertz CT molecular complexity index is 348. The number of aromatic hydroxyl groups is 1. The van der Waals surface area contributed by atoms with E-state index in [9.17, 15) is 5.11 Å². The summed E-state index contributed by atoms with van der Waals surface area (Å²) < 4.78 is 11.1. The maximum atomic E-state index is 9.88. The van der Waals surface area contributed by atoms with Crippen molar-refractivity contribution in [2.45, 2.75) is 13.0 Å². The molecular weight excluding hydrogens is 206 g/mol. The van der Waals surface area contributed by atoms with Crippen LogP contribution >= 0.6 is 0 Å². The van der Waals surface area contributed by atoms with Crippen LogP contribution in [0.4, 0.5) is 0 Å². The second-order valence-electron chi connectivity index (χ2n) is 3.69. The molecule has 88 valence electrons. The summed E-state index contributed by atoms with van der Waals surface area (Å²) in [5.41, 5.74) is 0.747. The molecule has 0 bridgehead atoms. The van der Waals surface area contributed by atoms with Gasteiger partial charge in [-0.25, -0.2) is 0 Å². The van der Waals surface area contributed by atoms with Gasteiger partial charge in [0.15, 0.2) is 0 Å². The lowest BCUT2D eigenvalue weighted by molar-refractivity contribution is 0.0245. The number of phenolic OH excluding ortho intramolecular Hbond substituents is 1. The van der Waals surface area contributed by atoms with E-state index >= 15 is 0 Å². The minimum absolute atomic E-state index is 0.128. The van der Waals surface area contributed by atoms with Crippen LogP contribution in [0.15, 0.2) is 18.2 Å². The Morgan fingerprint density at radius 3 is 3.12 bits per heavy atom. The molecule has 16 heavy (non-hydrogen) atoms. The molecule has 2 rings (SSSR count). The first-order valence-electron chi connectivity index (χ1n) is 5.60. The number of phenols is 1. The Morgan fingerprint density at radius 2 is 2.44 bits per heavy atom. The van der Waals surface area contributed by atoms with Gasteiger partial charge in [0, 0.05) is 13.1 Å². The molecule has 1 aromatic carbocycles. The summed E-state index contributed by atoms with van der Waals surface area (Å²) in [7, 11) is 0. The standard InChI is InChI=1S/C12H17NO3/c1-2-15-10-5-3-4-9(14)12(10)11-8-13-6-7-16-11/h3-5,11,13-14H,2,6-8H2,1H3. The molecule has 4 nitrogen and oxygen atoms in total. The highest BCUT2D eigenvalue weighted by Gasteiger charge is 2.22. The number of hydrogen-bond acceptors (Lipinski definition) is 4. The van der Waals surface area contributed by atoms with Crippen molar-refractivity contribution in [2.24, 2.45) is 0 Å². The first kappa shape index (κ1) is 11.2. The Morgan fingerprint density at radius 1 is 1.56 bits per heavy atom. The lowest BCUT2D eigenvalue weighted by atomic mass is 10.1. The number of nitrogens with one attached hydrogen (secondary N) is 1. The maximum absolute atomic E-state index is 9.88. The van der Waals surface area contributed by atoms with Gasteiger partial charge in [-0.05, 0) is 19.1 Å². The van der Waals surface area contributed by atoms with E-state index in [2.05, 4.69) is 5.32 Å². The predicted octanol–water partition coefficient (Wildman–Crippen LogP) is 1.45. The number of rotatable bonds is 3. The van der Waals surface area contributed by atoms with Crippen LogP contribution in [0.25, 0.3) is 0 Å². The summed E-state index contributed by atoms with van der Waals surface area (Å²) >= 11 is 0. The number of benzene rings is 1. The van der Waals surface area contributed by atoms with Crippen LogP contribution in [0.5, 0.6) is 11.5 Å². The fraction of sp³-hybridized carbons (Fsp3) is 0.500. The monoisotopic (exact) mass is 223 g/mol. The van der Waals surface area contributed by atoms with Crippen molar-refractivity contribution in [2.75, 3.05) is 26.3 Å². The van der Waals surface area contributed by atoms with Gasteiger partial charge in [0.1, 0.15) is 17.6 Å². The van der Waals surface area contributed by atoms with E-state index in [0.717, 1.165) is 12.1 Å². The van der Waals surface area contributed by atoms with Crippen LogP contribution in [0, 0.1) is 0 Å². The van der Waals surface area contributed by atoms with Crippen LogP contribution in [0.1, 0.15) is 18.6 Å². The van der Waals surface area contributed by atoms with Crippen LogP contribution in [0.3, 0.4) is 0 Å². The molecule has 0 spiro atoms. The third kappa shape index (κ3) is 2.28. The summed E-state index contributed by atoms with van der Waals surface area (Å²) in [4.78, 5) is 0. The topological polar surface area (TPSA) is 50.7 Å². The molecule has 0 aliphatic carbocycles. The third-order valence-electron chi connectivity index (χ3n) is 2.59. The van der Waals surface area contributed by atoms with E-state index in [1.165, 1.54) is 0 Å². The third-order valence-corrected chi connectivity index (χ3v) is 2.59. The average Bonchev–Trinajstić information content (AvgIpc) is 2.31. The smallest absolute Gasteiger partial charge is 0.128 e. The highest BCUT2D eigenvalue weighted by molar-refractivity contribution is 5.45. The largest absolute Gasteiger partial charge is 0.507 e. The molecule has 1 atom stereocenters. The molecule has 0 saturated carbocycles. The second-order valence-corrected chi connectivity index (χ2v) is 3.69. The van der Waals surface area contributed by atoms with Gasteiger partial charge < -0.3 is 19.9 Å². The lowest BCUT2D eigenvalue weighted by Gasteiger charge is -2.26. The van der Waals surface area contributed by atoms with Gasteiger partial charge in [0.2, 0.25) is 0 Å². The molecule has 1 unspecified atom stereocenters. The van der Waals surface area contributed by atoms with Crippen molar-refractivity contribution in [1.29, 1.82) is 0 Å². The lowest BCUT2D eigenvalue weighted by Crippen LogP contribution is -2.33. The molecule has 4 heteroatoms. The minimum atomic E-state index is -0.128. The number of morpholine rings is 1. The van der Waals surface area contributed by atoms with Crippen molar-refractivity contribution in [3.8, 4) is 11.5 Å². The first-order chi connectivity index (χ1) is 7.83. The molecule has 0 radical (unpaired) electrons. The van der Waals surface area contributed by atoms with Gasteiger partial charge in [-0.1, -0.05) is 6.07 Å². The first-order valence-corrected chi connectivity index (χ1v) is 5.60. The van der Waals surface area contributed by atoms with Crippen molar-refractivity contribution in [1.82, 2.24) is 5.32 Å². The summed E-state index contributed by atoms with van der Waals surface area (Å²) in [6.45, 7) is 4.72. The molecule has 1 aromatic rings. The zero-order chi connectivity index (χ0) is 11.4. The van der Waals surface area contributed by atoms with Gasteiger partial charge in [-0.3, -0.25) is 0 Å². The second kappa shape index (κ2) is 5.18. The summed E-state index contributed by atoms with van der Waals surface area (Å²) in [6.07, 6.45) is -0.128. The van der Waals surface area contributed by atoms with Gasteiger partial charge in [0.25, 0.3) is 0 Å². The summed E-state index contributed by atoms with van der Waals surface area (Å²) in [5.74, 6) is 0.941. The number of ether oxygens (including phenoxy) is 2. The van der Waals surface area contributed by atoms with E-state index < -0.39 is 0 Å². The fourth-order valence-electron chi connectivity index (χ4n) is 1.89. The van der Waals surface area contributed by atoms with E-state index in [-0.39, 0.29) is 11.9 Å². The maximum Gasteiger partial charge on any atom is 0.128 e. The zero-order valence-electron chi connectivity index (χ0n) is 9.40. The predicted molar refractivity (Wildman–Crippen MR) is 60.8 cm³/mol. The Balaban J connectivity index is 2.28. The highest BCUT2D eigenvalue weighted by Crippen LogP contribution is 2.35. The number of hydrogen-bond donors (Lipinski definition) is 2. The molecule has 1 aliphatic heterocycles. The molecule has 2 N–H and O–H groups in total. The Labute approximate surface area is 95.2 Å². The molecule has 1 saturated heterocycles. The van der Waals surface area contributed by atoms with Gasteiger partial charge >= 0.3 is 0 Å². The van der Waals surface area contributed by atoms with Crippen LogP contribution in [-0.4, -0.2) is 31.4 Å². The minimum Gasteiger partial charge on any atom is -0.507 e. The molecule has 0 amide bonds. The Kier molecular flexibility index (Phi) is 3.64. The zero-order valence-corrected chi connectivity index (χ0v) is 9.40. The van der Waals surface area contributed by atoms with E-state index in [1.807, 2.05) is 13.0 Å². The molecular formula is C12H17NO3.